The van der Waals surface area contributed by atoms with E-state index < -0.39 is 12.0 Å². The summed E-state index contributed by atoms with van der Waals surface area (Å²) < 4.78 is 43.7. The summed E-state index contributed by atoms with van der Waals surface area (Å²) in [6, 6.07) is 3.03. The fraction of sp³-hybridized carbons (Fsp3) is 0.581. The number of phenols is 1. The smallest absolute Gasteiger partial charge is 0.319 e. The third-order valence-electron chi connectivity index (χ3n) is 9.72. The first-order chi connectivity index (χ1) is 20.3. The van der Waals surface area contributed by atoms with Crippen molar-refractivity contribution in [3.63, 3.8) is 0 Å². The molecule has 2 saturated heterocycles. The molecule has 3 aliphatic heterocycles. The summed E-state index contributed by atoms with van der Waals surface area (Å²) in [5.74, 6) is 0.825. The molecule has 8 nitrogen and oxygen atoms in total. The minimum atomic E-state index is -0.883. The van der Waals surface area contributed by atoms with Gasteiger partial charge in [0.25, 0.3) is 0 Å². The normalized spacial score (nSPS) is 27.3. The van der Waals surface area contributed by atoms with Gasteiger partial charge in [0.05, 0.1) is 11.6 Å². The number of phenolic OH excluding ortho intramolecular Hbond substituents is 1. The number of nitrogens with zero attached hydrogens (tertiary/aromatic N) is 5. The van der Waals surface area contributed by atoms with E-state index in [-0.39, 0.29) is 53.0 Å². The van der Waals surface area contributed by atoms with E-state index in [1.165, 1.54) is 12.1 Å². The number of anilines is 1. The number of pyridine rings is 1. The predicted octanol–water partition coefficient (Wildman–Crippen LogP) is 6.02. The third kappa shape index (κ3) is 4.44. The van der Waals surface area contributed by atoms with Crippen molar-refractivity contribution in [2.24, 2.45) is 5.92 Å². The van der Waals surface area contributed by atoms with Gasteiger partial charge < -0.3 is 19.5 Å². The van der Waals surface area contributed by atoms with E-state index >= 15 is 4.39 Å². The number of ether oxygens (including phenoxy) is 2. The van der Waals surface area contributed by atoms with Gasteiger partial charge in [0.2, 0.25) is 5.88 Å². The minimum Gasteiger partial charge on any atom is -0.508 e. The summed E-state index contributed by atoms with van der Waals surface area (Å²) in [5, 5.41) is 11.2. The first kappa shape index (κ1) is 26.6. The van der Waals surface area contributed by atoms with Crippen molar-refractivity contribution in [3.05, 3.63) is 28.5 Å². The highest BCUT2D eigenvalue weighted by atomic mass is 35.5. The number of alkyl halides is 1. The predicted molar refractivity (Wildman–Crippen MR) is 155 cm³/mol. The second kappa shape index (κ2) is 9.77. The second-order valence-corrected chi connectivity index (χ2v) is 13.3. The molecule has 2 saturated carbocycles. The number of aromatic hydroxyl groups is 1. The molecule has 222 valence electrons. The van der Waals surface area contributed by atoms with Crippen LogP contribution in [0.1, 0.15) is 63.4 Å². The van der Waals surface area contributed by atoms with Crippen molar-refractivity contribution >= 4 is 28.3 Å². The Balaban J connectivity index is 1.28. The Bertz CT molecular complexity index is 1580. The van der Waals surface area contributed by atoms with Crippen LogP contribution in [0.15, 0.2) is 12.1 Å². The molecule has 5 heterocycles. The zero-order valence-corrected chi connectivity index (χ0v) is 24.3. The van der Waals surface area contributed by atoms with Crippen molar-refractivity contribution in [2.45, 2.75) is 75.5 Å². The van der Waals surface area contributed by atoms with E-state index in [4.69, 9.17) is 31.0 Å². The number of fused-ring (bicyclic) bond motifs is 1. The van der Waals surface area contributed by atoms with Gasteiger partial charge in [-0.25, -0.2) is 13.8 Å². The molecule has 2 aliphatic carbocycles. The van der Waals surface area contributed by atoms with Crippen LogP contribution in [0, 0.1) is 11.7 Å². The van der Waals surface area contributed by atoms with Crippen LogP contribution in [0.4, 0.5) is 14.6 Å². The zero-order valence-electron chi connectivity index (χ0n) is 23.6. The average Bonchev–Trinajstić information content (AvgIpc) is 3.88. The maximum atomic E-state index is 16.8. The molecule has 42 heavy (non-hydrogen) atoms. The van der Waals surface area contributed by atoms with Gasteiger partial charge >= 0.3 is 6.01 Å². The molecule has 2 aromatic heterocycles. The van der Waals surface area contributed by atoms with Gasteiger partial charge in [-0.15, -0.1) is 0 Å². The minimum absolute atomic E-state index is 0.0349. The number of aromatic nitrogens is 3. The zero-order chi connectivity index (χ0) is 28.7. The highest BCUT2D eigenvalue weighted by Crippen LogP contribution is 2.50. The van der Waals surface area contributed by atoms with E-state index in [1.807, 2.05) is 0 Å². The number of hydrogen-bond acceptors (Lipinski definition) is 8. The second-order valence-electron chi connectivity index (χ2n) is 12.9. The Labute approximate surface area is 248 Å². The topological polar surface area (TPSA) is 83.8 Å². The molecular formula is C31H34ClF2N5O3. The Morgan fingerprint density at radius 2 is 2.02 bits per heavy atom. The molecular weight excluding hydrogens is 564 g/mol. The highest BCUT2D eigenvalue weighted by molar-refractivity contribution is 6.32. The molecule has 1 aromatic carbocycles. The lowest BCUT2D eigenvalue weighted by atomic mass is 9.95. The van der Waals surface area contributed by atoms with Crippen molar-refractivity contribution in [1.29, 1.82) is 0 Å². The Kier molecular flexibility index (Phi) is 6.20. The Hall–Kier alpha value is -2.98. The molecule has 8 rings (SSSR count). The van der Waals surface area contributed by atoms with E-state index in [9.17, 15) is 9.50 Å². The van der Waals surface area contributed by atoms with Crippen LogP contribution in [-0.4, -0.2) is 75.6 Å². The lowest BCUT2D eigenvalue weighted by molar-refractivity contribution is 0.107. The molecule has 3 aromatic rings. The van der Waals surface area contributed by atoms with Gasteiger partial charge in [-0.3, -0.25) is 4.90 Å². The molecule has 1 N–H and O–H groups in total. The summed E-state index contributed by atoms with van der Waals surface area (Å²) in [6.45, 7) is 4.69. The van der Waals surface area contributed by atoms with Crippen LogP contribution in [0.3, 0.4) is 0 Å². The number of hydrogen-bond donors (Lipinski definition) is 1. The Morgan fingerprint density at radius 1 is 1.19 bits per heavy atom. The fourth-order valence-electron chi connectivity index (χ4n) is 7.24. The molecule has 3 atom stereocenters. The van der Waals surface area contributed by atoms with Crippen LogP contribution < -0.4 is 14.4 Å². The summed E-state index contributed by atoms with van der Waals surface area (Å²) in [4.78, 5) is 18.5. The third-order valence-corrected chi connectivity index (χ3v) is 10.0. The van der Waals surface area contributed by atoms with Crippen molar-refractivity contribution in [2.75, 3.05) is 37.7 Å². The van der Waals surface area contributed by atoms with Gasteiger partial charge in [-0.1, -0.05) is 11.6 Å². The quantitative estimate of drug-likeness (QED) is 0.354. The molecule has 0 unspecified atom stereocenters. The van der Waals surface area contributed by atoms with Crippen molar-refractivity contribution in [1.82, 2.24) is 19.9 Å². The highest BCUT2D eigenvalue weighted by Gasteiger charge is 2.49. The molecule has 4 fully saturated rings. The molecule has 0 bridgehead atoms. The molecule has 0 spiro atoms. The number of halogens is 3. The molecule has 0 amide bonds. The van der Waals surface area contributed by atoms with Gasteiger partial charge in [0.15, 0.2) is 5.82 Å². The summed E-state index contributed by atoms with van der Waals surface area (Å²) >= 11 is 6.58. The standard InChI is InChI=1S/C31H34ClF2N5O3/c1-16-14-41-29-24-27(25(34)26(35-29)21-9-20(40)10-22(32)23(21)18-5-6-18)36-30(37-28(24)39(16)12-17-3-4-17)42-15-31-7-2-8-38(31)13-19(33)11-31/h9-10,16-19,40H,2-8,11-15H2,1H3/t16-,19+,31-/m0/s1. The van der Waals surface area contributed by atoms with Crippen LogP contribution >= 0.6 is 11.6 Å². The van der Waals surface area contributed by atoms with Crippen molar-refractivity contribution in [3.8, 4) is 28.9 Å². The van der Waals surface area contributed by atoms with Gasteiger partial charge in [-0.05, 0) is 81.5 Å². The fourth-order valence-corrected chi connectivity index (χ4v) is 7.60. The Morgan fingerprint density at radius 3 is 2.81 bits per heavy atom. The van der Waals surface area contributed by atoms with E-state index in [2.05, 4.69) is 21.7 Å². The maximum Gasteiger partial charge on any atom is 0.319 e. The lowest BCUT2D eigenvalue weighted by Gasteiger charge is -2.31. The SMILES string of the molecule is C[C@H]1COc2nc(-c3cc(O)cc(Cl)c3C3CC3)c(F)c3nc(OC[C@@]45CCCN4C[C@H](F)C5)nc(c23)N1CC1CC1. The van der Waals surface area contributed by atoms with Gasteiger partial charge in [-0.2, -0.15) is 9.97 Å². The van der Waals surface area contributed by atoms with Gasteiger partial charge in [0.1, 0.15) is 47.5 Å². The summed E-state index contributed by atoms with van der Waals surface area (Å²) in [6.07, 6.45) is 5.54. The van der Waals surface area contributed by atoms with Crippen LogP contribution in [-0.2, 0) is 0 Å². The van der Waals surface area contributed by atoms with Crippen molar-refractivity contribution < 1.29 is 23.4 Å². The lowest BCUT2D eigenvalue weighted by Crippen LogP contribution is -2.43. The van der Waals surface area contributed by atoms with Crippen LogP contribution in [0.2, 0.25) is 5.02 Å². The van der Waals surface area contributed by atoms with E-state index in [0.29, 0.717) is 47.3 Å². The first-order valence-electron chi connectivity index (χ1n) is 15.1. The van der Waals surface area contributed by atoms with Crippen LogP contribution in [0.25, 0.3) is 22.2 Å². The molecule has 5 aliphatic rings. The average molecular weight is 598 g/mol. The molecule has 11 heteroatoms. The summed E-state index contributed by atoms with van der Waals surface area (Å²) in [5.41, 5.74) is 0.921. The largest absolute Gasteiger partial charge is 0.508 e. The maximum absolute atomic E-state index is 16.8. The van der Waals surface area contributed by atoms with Gasteiger partial charge in [0, 0.05) is 30.1 Å². The first-order valence-corrected chi connectivity index (χ1v) is 15.5. The summed E-state index contributed by atoms with van der Waals surface area (Å²) in [7, 11) is 0. The number of benzene rings is 1. The van der Waals surface area contributed by atoms with E-state index in [1.54, 1.807) is 0 Å². The molecule has 0 radical (unpaired) electrons. The number of rotatable bonds is 7. The van der Waals surface area contributed by atoms with E-state index in [0.717, 1.165) is 57.2 Å². The van der Waals surface area contributed by atoms with Crippen LogP contribution in [0.5, 0.6) is 17.6 Å². The monoisotopic (exact) mass is 597 g/mol.